The second-order valence-electron chi connectivity index (χ2n) is 8.86. The van der Waals surface area contributed by atoms with Crippen molar-refractivity contribution in [2.75, 3.05) is 12.1 Å². The van der Waals surface area contributed by atoms with Crippen molar-refractivity contribution in [3.63, 3.8) is 0 Å². The van der Waals surface area contributed by atoms with Gasteiger partial charge < -0.3 is 19.7 Å². The molecule has 2 amide bonds. The molecule has 1 heterocycles. The van der Waals surface area contributed by atoms with Crippen LogP contribution in [0, 0.1) is 12.8 Å². The zero-order chi connectivity index (χ0) is 24.1. The summed E-state index contributed by atoms with van der Waals surface area (Å²) in [6.45, 7) is 6.47. The fourth-order valence-electron chi connectivity index (χ4n) is 4.18. The number of nitrogens with one attached hydrogen (secondary N) is 1. The number of hydrogen-bond donors (Lipinski definition) is 1. The van der Waals surface area contributed by atoms with E-state index >= 15 is 0 Å². The zero-order valence-corrected chi connectivity index (χ0v) is 19.8. The van der Waals surface area contributed by atoms with Crippen LogP contribution in [0.4, 0.5) is 5.69 Å². The van der Waals surface area contributed by atoms with Gasteiger partial charge in [0.25, 0.3) is 0 Å². The number of carbonyl (C=O) groups is 2. The summed E-state index contributed by atoms with van der Waals surface area (Å²) in [5.41, 5.74) is 3.62. The fourth-order valence-corrected chi connectivity index (χ4v) is 4.18. The average Bonchev–Trinajstić information content (AvgIpc) is 3.28. The second-order valence-corrected chi connectivity index (χ2v) is 8.86. The molecule has 3 aromatic carbocycles. The number of rotatable bonds is 8. The van der Waals surface area contributed by atoms with Crippen LogP contribution in [0.15, 0.2) is 72.8 Å². The van der Waals surface area contributed by atoms with Crippen molar-refractivity contribution < 1.29 is 19.1 Å². The van der Waals surface area contributed by atoms with Crippen LogP contribution in [0.1, 0.15) is 30.5 Å². The molecule has 0 spiro atoms. The molecule has 34 heavy (non-hydrogen) atoms. The van der Waals surface area contributed by atoms with E-state index in [9.17, 15) is 9.59 Å². The smallest absolute Gasteiger partial charge is 0.247 e. The molecule has 176 valence electrons. The molecule has 0 saturated heterocycles. The third-order valence-corrected chi connectivity index (χ3v) is 6.00. The summed E-state index contributed by atoms with van der Waals surface area (Å²) in [4.78, 5) is 28.9. The molecule has 6 nitrogen and oxygen atoms in total. The van der Waals surface area contributed by atoms with Crippen molar-refractivity contribution in [3.05, 3.63) is 89.5 Å². The molecule has 1 unspecified atom stereocenters. The highest BCUT2D eigenvalue weighted by atomic mass is 16.7. The lowest BCUT2D eigenvalue weighted by molar-refractivity contribution is -0.140. The number of ether oxygens (including phenoxy) is 2. The first-order chi connectivity index (χ1) is 16.4. The van der Waals surface area contributed by atoms with Gasteiger partial charge in [0.15, 0.2) is 11.5 Å². The highest BCUT2D eigenvalue weighted by molar-refractivity contribution is 5.97. The van der Waals surface area contributed by atoms with Crippen LogP contribution < -0.4 is 14.8 Å². The minimum atomic E-state index is -0.652. The molecule has 3 aromatic rings. The Balaban J connectivity index is 1.62. The third-order valence-electron chi connectivity index (χ3n) is 6.00. The molecule has 0 radical (unpaired) electrons. The minimum absolute atomic E-state index is 0.0889. The summed E-state index contributed by atoms with van der Waals surface area (Å²) in [6.07, 6.45) is 0.229. The van der Waals surface area contributed by atoms with E-state index in [0.29, 0.717) is 23.7 Å². The Morgan fingerprint density at radius 3 is 2.38 bits per heavy atom. The van der Waals surface area contributed by atoms with E-state index in [1.807, 2.05) is 75.4 Å². The van der Waals surface area contributed by atoms with Crippen molar-refractivity contribution >= 4 is 17.5 Å². The van der Waals surface area contributed by atoms with Gasteiger partial charge in [-0.15, -0.1) is 0 Å². The van der Waals surface area contributed by atoms with Crippen LogP contribution in [0.2, 0.25) is 0 Å². The largest absolute Gasteiger partial charge is 0.454 e. The van der Waals surface area contributed by atoms with Gasteiger partial charge in [0.2, 0.25) is 18.6 Å². The first-order valence-electron chi connectivity index (χ1n) is 11.5. The molecule has 1 N–H and O–H groups in total. The van der Waals surface area contributed by atoms with Crippen LogP contribution in [-0.4, -0.2) is 29.5 Å². The highest BCUT2D eigenvalue weighted by Crippen LogP contribution is 2.34. The Morgan fingerprint density at radius 2 is 1.65 bits per heavy atom. The maximum atomic E-state index is 13.6. The Labute approximate surface area is 200 Å². The topological polar surface area (TPSA) is 67.9 Å². The Hall–Kier alpha value is -3.80. The Morgan fingerprint density at radius 1 is 0.941 bits per heavy atom. The average molecular weight is 459 g/mol. The van der Waals surface area contributed by atoms with Crippen molar-refractivity contribution in [1.29, 1.82) is 0 Å². The third kappa shape index (κ3) is 5.39. The van der Waals surface area contributed by atoms with E-state index in [1.165, 1.54) is 0 Å². The number of anilines is 1. The van der Waals surface area contributed by atoms with Gasteiger partial charge in [0, 0.05) is 18.3 Å². The van der Waals surface area contributed by atoms with Crippen molar-refractivity contribution in [3.8, 4) is 11.5 Å². The van der Waals surface area contributed by atoms with Crippen LogP contribution >= 0.6 is 0 Å². The molecule has 0 saturated carbocycles. The molecule has 1 atom stereocenters. The minimum Gasteiger partial charge on any atom is -0.454 e. The van der Waals surface area contributed by atoms with Crippen molar-refractivity contribution in [1.82, 2.24) is 4.90 Å². The van der Waals surface area contributed by atoms with Gasteiger partial charge in [0.05, 0.1) is 6.42 Å². The molecule has 0 aliphatic carbocycles. The van der Waals surface area contributed by atoms with E-state index in [1.54, 1.807) is 23.1 Å². The summed E-state index contributed by atoms with van der Waals surface area (Å²) < 4.78 is 10.8. The molecular formula is C28H30N2O4. The molecule has 1 aliphatic rings. The van der Waals surface area contributed by atoms with Crippen molar-refractivity contribution in [2.24, 2.45) is 5.92 Å². The summed E-state index contributed by atoms with van der Waals surface area (Å²) in [7, 11) is 0. The maximum absolute atomic E-state index is 13.6. The molecule has 0 bridgehead atoms. The van der Waals surface area contributed by atoms with Crippen LogP contribution in [-0.2, 0) is 22.6 Å². The number of amides is 2. The number of fused-ring (bicyclic) bond motifs is 1. The summed E-state index contributed by atoms with van der Waals surface area (Å²) in [5, 5.41) is 2.98. The summed E-state index contributed by atoms with van der Waals surface area (Å²) >= 11 is 0. The monoisotopic (exact) mass is 458 g/mol. The standard InChI is InChI=1S/C28H30N2O4/c1-19(2)27(28(32)29-23-13-14-24-25(16-23)34-18-33-24)30(17-22-12-8-7-9-20(22)3)26(31)15-21-10-5-4-6-11-21/h4-14,16,19,27H,15,17-18H2,1-3H3,(H,29,32). The maximum Gasteiger partial charge on any atom is 0.247 e. The van der Waals surface area contributed by atoms with E-state index in [-0.39, 0.29) is 30.9 Å². The molecule has 0 fully saturated rings. The lowest BCUT2D eigenvalue weighted by Crippen LogP contribution is -2.50. The van der Waals surface area contributed by atoms with Gasteiger partial charge in [-0.2, -0.15) is 0 Å². The number of benzene rings is 3. The van der Waals surface area contributed by atoms with Gasteiger partial charge in [-0.25, -0.2) is 0 Å². The lowest BCUT2D eigenvalue weighted by Gasteiger charge is -2.34. The summed E-state index contributed by atoms with van der Waals surface area (Å²) in [6, 6.07) is 22.2. The van der Waals surface area contributed by atoms with Crippen LogP contribution in [0.3, 0.4) is 0 Å². The fraction of sp³-hybridized carbons (Fsp3) is 0.286. The Kier molecular flexibility index (Phi) is 7.16. The van der Waals surface area contributed by atoms with Gasteiger partial charge in [-0.05, 0) is 41.7 Å². The number of hydrogen-bond acceptors (Lipinski definition) is 4. The molecule has 4 rings (SSSR count). The number of aryl methyl sites for hydroxylation is 1. The van der Waals surface area contributed by atoms with Crippen LogP contribution in [0.5, 0.6) is 11.5 Å². The van der Waals surface area contributed by atoms with Gasteiger partial charge >= 0.3 is 0 Å². The van der Waals surface area contributed by atoms with Gasteiger partial charge in [-0.3, -0.25) is 9.59 Å². The molecule has 0 aromatic heterocycles. The molecule has 1 aliphatic heterocycles. The first kappa shape index (κ1) is 23.4. The highest BCUT2D eigenvalue weighted by Gasteiger charge is 2.33. The van der Waals surface area contributed by atoms with E-state index in [4.69, 9.17) is 9.47 Å². The molecular weight excluding hydrogens is 428 g/mol. The van der Waals surface area contributed by atoms with E-state index in [2.05, 4.69) is 5.32 Å². The molecule has 6 heteroatoms. The Bertz CT molecular complexity index is 1160. The summed E-state index contributed by atoms with van der Waals surface area (Å²) in [5.74, 6) is 0.823. The second kappa shape index (κ2) is 10.4. The van der Waals surface area contributed by atoms with E-state index < -0.39 is 6.04 Å². The predicted octanol–water partition coefficient (Wildman–Crippen LogP) is 4.96. The van der Waals surface area contributed by atoms with E-state index in [0.717, 1.165) is 16.7 Å². The normalized spacial score (nSPS) is 12.9. The first-order valence-corrected chi connectivity index (χ1v) is 11.5. The van der Waals surface area contributed by atoms with Gasteiger partial charge in [-0.1, -0.05) is 68.4 Å². The lowest BCUT2D eigenvalue weighted by atomic mass is 9.98. The van der Waals surface area contributed by atoms with Crippen molar-refractivity contribution in [2.45, 2.75) is 39.8 Å². The number of carbonyl (C=O) groups excluding carboxylic acids is 2. The SMILES string of the molecule is Cc1ccccc1CN(C(=O)Cc1ccccc1)C(C(=O)Nc1ccc2c(c1)OCO2)C(C)C. The predicted molar refractivity (Wildman–Crippen MR) is 132 cm³/mol. The van der Waals surface area contributed by atoms with Gasteiger partial charge in [0.1, 0.15) is 6.04 Å². The zero-order valence-electron chi connectivity index (χ0n) is 19.8. The number of nitrogens with zero attached hydrogens (tertiary/aromatic N) is 1. The van der Waals surface area contributed by atoms with Crippen LogP contribution in [0.25, 0.3) is 0 Å². The quantitative estimate of drug-likeness (QED) is 0.518.